The number of fused-ring (bicyclic) bond motifs is 4. The smallest absolute Gasteiger partial charge is 0.412 e. The summed E-state index contributed by atoms with van der Waals surface area (Å²) < 4.78 is 29.8. The Bertz CT molecular complexity index is 1370. The van der Waals surface area contributed by atoms with Crippen LogP contribution in [0.25, 0.3) is 11.3 Å². The number of ether oxygens (including phenoxy) is 5. The van der Waals surface area contributed by atoms with E-state index in [0.717, 1.165) is 24.0 Å². The highest BCUT2D eigenvalue weighted by atomic mass is 16.6. The number of amides is 1. The first-order chi connectivity index (χ1) is 18.1. The van der Waals surface area contributed by atoms with Crippen molar-refractivity contribution in [2.45, 2.75) is 38.0 Å². The highest BCUT2D eigenvalue weighted by Gasteiger charge is 2.24. The average molecular weight is 507 g/mol. The summed E-state index contributed by atoms with van der Waals surface area (Å²) in [5.74, 6) is 1.66. The van der Waals surface area contributed by atoms with Crippen molar-refractivity contribution in [2.24, 2.45) is 0 Å². The van der Waals surface area contributed by atoms with Crippen LogP contribution in [0.3, 0.4) is 0 Å². The van der Waals surface area contributed by atoms with E-state index >= 15 is 0 Å². The second kappa shape index (κ2) is 10.1. The van der Waals surface area contributed by atoms with Crippen LogP contribution in [-0.4, -0.2) is 59.2 Å². The normalized spacial score (nSPS) is 18.3. The van der Waals surface area contributed by atoms with E-state index in [1.54, 1.807) is 35.0 Å². The number of rotatable bonds is 5. The standard InChI is InChI=1S/C26H26N4O7/c31-25-29-23(34-14-19-15-35-24-22(36-19)2-1-8-27-24)13-21-20-4-3-18(12-16(20)5-9-30(21)25)37-26(32)28-17-6-10-33-11-7-17/h1-4,8,12-13,17,19H,5-7,9-11,14-15H2,(H,28,32). The fourth-order valence-electron chi connectivity index (χ4n) is 4.69. The average Bonchev–Trinajstić information content (AvgIpc) is 2.92. The molecule has 37 heavy (non-hydrogen) atoms. The molecule has 0 bridgehead atoms. The maximum absolute atomic E-state index is 12.7. The van der Waals surface area contributed by atoms with E-state index in [-0.39, 0.29) is 36.9 Å². The van der Waals surface area contributed by atoms with Crippen LogP contribution >= 0.6 is 0 Å². The molecule has 1 unspecified atom stereocenters. The van der Waals surface area contributed by atoms with Crippen LogP contribution in [0.2, 0.25) is 0 Å². The van der Waals surface area contributed by atoms with Gasteiger partial charge in [-0.05, 0) is 55.2 Å². The van der Waals surface area contributed by atoms with Crippen LogP contribution in [0.5, 0.6) is 23.3 Å². The van der Waals surface area contributed by atoms with Gasteiger partial charge < -0.3 is 29.0 Å². The lowest BCUT2D eigenvalue weighted by Gasteiger charge is -2.26. The summed E-state index contributed by atoms with van der Waals surface area (Å²) in [7, 11) is 0. The molecule has 1 atom stereocenters. The van der Waals surface area contributed by atoms with Crippen molar-refractivity contribution in [2.75, 3.05) is 26.4 Å². The molecule has 1 fully saturated rings. The van der Waals surface area contributed by atoms with Crippen molar-refractivity contribution in [3.05, 3.63) is 58.6 Å². The summed E-state index contributed by atoms with van der Waals surface area (Å²) >= 11 is 0. The van der Waals surface area contributed by atoms with Crippen molar-refractivity contribution < 1.29 is 28.5 Å². The first-order valence-electron chi connectivity index (χ1n) is 12.3. The molecule has 1 saturated heterocycles. The molecular weight excluding hydrogens is 480 g/mol. The lowest BCUT2D eigenvalue weighted by Crippen LogP contribution is -2.40. The van der Waals surface area contributed by atoms with Gasteiger partial charge in [0.05, 0.1) is 5.69 Å². The van der Waals surface area contributed by atoms with Crippen molar-refractivity contribution in [1.29, 1.82) is 0 Å². The Balaban J connectivity index is 1.14. The third kappa shape index (κ3) is 5.08. The summed E-state index contributed by atoms with van der Waals surface area (Å²) in [4.78, 5) is 33.3. The van der Waals surface area contributed by atoms with Crippen LogP contribution in [-0.2, 0) is 17.7 Å². The number of carbonyl (C=O) groups is 1. The Morgan fingerprint density at radius 1 is 1.19 bits per heavy atom. The van der Waals surface area contributed by atoms with Crippen LogP contribution in [0, 0.1) is 0 Å². The minimum atomic E-state index is -0.480. The largest absolute Gasteiger partial charge is 0.478 e. The Labute approximate surface area is 212 Å². The molecule has 3 aromatic rings. The Morgan fingerprint density at radius 3 is 2.97 bits per heavy atom. The van der Waals surface area contributed by atoms with Gasteiger partial charge in [0.15, 0.2) is 11.9 Å². The molecule has 11 nitrogen and oxygen atoms in total. The molecule has 1 aromatic carbocycles. The van der Waals surface area contributed by atoms with Gasteiger partial charge >= 0.3 is 11.8 Å². The number of carbonyl (C=O) groups excluding carboxylic acids is 1. The Morgan fingerprint density at radius 2 is 2.08 bits per heavy atom. The van der Waals surface area contributed by atoms with Crippen molar-refractivity contribution in [1.82, 2.24) is 19.9 Å². The molecule has 2 aromatic heterocycles. The molecule has 5 heterocycles. The van der Waals surface area contributed by atoms with Gasteiger partial charge in [0.2, 0.25) is 5.88 Å². The predicted octanol–water partition coefficient (Wildman–Crippen LogP) is 2.35. The number of pyridine rings is 1. The van der Waals surface area contributed by atoms with E-state index < -0.39 is 6.09 Å². The maximum atomic E-state index is 12.7. The van der Waals surface area contributed by atoms with Crippen LogP contribution in [0.15, 0.2) is 47.4 Å². The summed E-state index contributed by atoms with van der Waals surface area (Å²) in [6.07, 6.45) is 2.95. The summed E-state index contributed by atoms with van der Waals surface area (Å²) in [5, 5.41) is 2.89. The van der Waals surface area contributed by atoms with E-state index in [0.29, 0.717) is 49.3 Å². The second-order valence-corrected chi connectivity index (χ2v) is 9.07. The number of hydrogen-bond donors (Lipinski definition) is 1. The number of aromatic nitrogens is 3. The molecule has 11 heteroatoms. The first-order valence-corrected chi connectivity index (χ1v) is 12.3. The van der Waals surface area contributed by atoms with Crippen molar-refractivity contribution in [3.63, 3.8) is 0 Å². The number of aryl methyl sites for hydroxylation is 1. The van der Waals surface area contributed by atoms with Crippen molar-refractivity contribution in [3.8, 4) is 34.5 Å². The summed E-state index contributed by atoms with van der Waals surface area (Å²) in [5.41, 5.74) is 2.15. The summed E-state index contributed by atoms with van der Waals surface area (Å²) in [6, 6.07) is 10.8. The van der Waals surface area contributed by atoms with Gasteiger partial charge in [-0.25, -0.2) is 14.6 Å². The molecule has 1 N–H and O–H groups in total. The fourth-order valence-corrected chi connectivity index (χ4v) is 4.69. The van der Waals surface area contributed by atoms with E-state index in [1.807, 2.05) is 12.1 Å². The number of nitrogens with zero attached hydrogens (tertiary/aromatic N) is 3. The quantitative estimate of drug-likeness (QED) is 0.555. The van der Waals surface area contributed by atoms with Gasteiger partial charge in [0.1, 0.15) is 19.0 Å². The van der Waals surface area contributed by atoms with Gasteiger partial charge in [-0.2, -0.15) is 4.98 Å². The van der Waals surface area contributed by atoms with Gasteiger partial charge in [-0.3, -0.25) is 4.57 Å². The SMILES string of the molecule is O=C(NC1CCOCC1)Oc1ccc2c(c1)CCn1c-2cc(OCC2COc3ncccc3O2)nc1=O. The molecule has 192 valence electrons. The highest BCUT2D eigenvalue weighted by Crippen LogP contribution is 2.33. The predicted molar refractivity (Wildman–Crippen MR) is 130 cm³/mol. The zero-order valence-electron chi connectivity index (χ0n) is 20.1. The molecule has 0 aliphatic carbocycles. The van der Waals surface area contributed by atoms with Crippen molar-refractivity contribution >= 4 is 6.09 Å². The molecular formula is C26H26N4O7. The van der Waals surface area contributed by atoms with Crippen LogP contribution in [0.4, 0.5) is 4.79 Å². The van der Waals surface area contributed by atoms with E-state index in [9.17, 15) is 9.59 Å². The molecule has 6 rings (SSSR count). The van der Waals surface area contributed by atoms with Crippen LogP contribution < -0.4 is 30.0 Å². The topological polar surface area (TPSA) is 123 Å². The summed E-state index contributed by atoms with van der Waals surface area (Å²) in [6.45, 7) is 2.18. The van der Waals surface area contributed by atoms with Gasteiger partial charge in [-0.1, -0.05) is 0 Å². The zero-order chi connectivity index (χ0) is 25.2. The minimum Gasteiger partial charge on any atom is -0.478 e. The first kappa shape index (κ1) is 23.3. The Hall–Kier alpha value is -4.12. The van der Waals surface area contributed by atoms with Gasteiger partial charge in [-0.15, -0.1) is 0 Å². The number of hydrogen-bond acceptors (Lipinski definition) is 9. The zero-order valence-corrected chi connectivity index (χ0v) is 20.1. The fraction of sp³-hybridized carbons (Fsp3) is 0.385. The molecule has 0 radical (unpaired) electrons. The van der Waals surface area contributed by atoms with E-state index in [4.69, 9.17) is 23.7 Å². The third-order valence-corrected chi connectivity index (χ3v) is 6.55. The van der Waals surface area contributed by atoms with Gasteiger partial charge in [0.25, 0.3) is 5.88 Å². The molecule has 1 amide bonds. The minimum absolute atomic E-state index is 0.0560. The second-order valence-electron chi connectivity index (χ2n) is 9.07. The number of benzene rings is 1. The molecule has 3 aliphatic heterocycles. The van der Waals surface area contributed by atoms with Gasteiger partial charge in [0, 0.05) is 43.6 Å². The molecule has 0 saturated carbocycles. The maximum Gasteiger partial charge on any atom is 0.412 e. The Kier molecular flexibility index (Phi) is 6.35. The number of nitrogens with one attached hydrogen (secondary N) is 1. The van der Waals surface area contributed by atoms with E-state index in [1.165, 1.54) is 0 Å². The molecule has 0 spiro atoms. The third-order valence-electron chi connectivity index (χ3n) is 6.55. The highest BCUT2D eigenvalue weighted by molar-refractivity contribution is 5.72. The molecule has 3 aliphatic rings. The lowest BCUT2D eigenvalue weighted by atomic mass is 9.97. The van der Waals surface area contributed by atoms with E-state index in [2.05, 4.69) is 15.3 Å². The lowest BCUT2D eigenvalue weighted by molar-refractivity contribution is 0.0486. The van der Waals surface area contributed by atoms with Crippen LogP contribution in [0.1, 0.15) is 18.4 Å². The monoisotopic (exact) mass is 506 g/mol.